The molecule has 0 fully saturated rings. The molecule has 1 N–H and O–H groups in total. The summed E-state index contributed by atoms with van der Waals surface area (Å²) in [5, 5.41) is 0. The van der Waals surface area contributed by atoms with Gasteiger partial charge in [-0.2, -0.15) is 0 Å². The summed E-state index contributed by atoms with van der Waals surface area (Å²) >= 11 is 0. The summed E-state index contributed by atoms with van der Waals surface area (Å²) in [5.41, 5.74) is 0.956. The van der Waals surface area contributed by atoms with Crippen molar-refractivity contribution in [3.05, 3.63) is 102 Å². The lowest BCUT2D eigenvalue weighted by atomic mass is 10.00. The highest BCUT2D eigenvalue weighted by atomic mass is 32.2. The Morgan fingerprint density at radius 3 is 2.03 bits per heavy atom. The average Bonchev–Trinajstić information content (AvgIpc) is 2.78. The van der Waals surface area contributed by atoms with Gasteiger partial charge in [0.1, 0.15) is 0 Å². The van der Waals surface area contributed by atoms with Gasteiger partial charge in [-0.15, -0.1) is 0 Å². The number of esters is 1. The molecule has 148 valence electrons. The van der Waals surface area contributed by atoms with Gasteiger partial charge in [0.25, 0.3) is 0 Å². The van der Waals surface area contributed by atoms with Gasteiger partial charge in [0.2, 0.25) is 15.8 Å². The molecule has 0 aliphatic carbocycles. The van der Waals surface area contributed by atoms with E-state index in [-0.39, 0.29) is 16.2 Å². The molecule has 0 aliphatic rings. The minimum Gasteiger partial charge on any atom is -0.445 e. The van der Waals surface area contributed by atoms with Crippen LogP contribution < -0.4 is 4.72 Å². The van der Waals surface area contributed by atoms with E-state index in [2.05, 4.69) is 4.72 Å². The zero-order valence-corrected chi connectivity index (χ0v) is 16.4. The Hall–Kier alpha value is -3.29. The minimum atomic E-state index is -3.72. The number of sulfonamides is 1. The molecular weight excluding hydrogens is 390 g/mol. The third-order valence-corrected chi connectivity index (χ3v) is 5.68. The molecule has 7 heteroatoms. The van der Waals surface area contributed by atoms with Gasteiger partial charge in [0.15, 0.2) is 6.10 Å². The summed E-state index contributed by atoms with van der Waals surface area (Å²) in [6.45, 7) is 0. The highest BCUT2D eigenvalue weighted by molar-refractivity contribution is 7.89. The van der Waals surface area contributed by atoms with Crippen LogP contribution in [0.5, 0.6) is 0 Å². The van der Waals surface area contributed by atoms with E-state index in [4.69, 9.17) is 4.74 Å². The second-order valence-corrected chi connectivity index (χ2v) is 8.05. The number of nitrogens with one attached hydrogen (secondary N) is 1. The van der Waals surface area contributed by atoms with Crippen LogP contribution in [0.15, 0.2) is 89.8 Å². The Morgan fingerprint density at radius 2 is 1.41 bits per heavy atom. The summed E-state index contributed by atoms with van der Waals surface area (Å²) in [5.74, 6) is -1.17. The molecule has 0 heterocycles. The maximum absolute atomic E-state index is 13.0. The first kappa shape index (κ1) is 20.4. The zero-order valence-electron chi connectivity index (χ0n) is 15.6. The van der Waals surface area contributed by atoms with Crippen molar-refractivity contribution in [2.75, 3.05) is 7.05 Å². The SMILES string of the molecule is CNS(=O)(=O)c1cccc(C(=O)OC(C(=O)c2ccccc2)c2ccccc2)c1. The summed E-state index contributed by atoms with van der Waals surface area (Å²) in [6.07, 6.45) is -1.16. The largest absolute Gasteiger partial charge is 0.445 e. The van der Waals surface area contributed by atoms with Crippen molar-refractivity contribution in [2.24, 2.45) is 0 Å². The molecule has 0 spiro atoms. The lowest BCUT2D eigenvalue weighted by molar-refractivity contribution is 0.0280. The van der Waals surface area contributed by atoms with Crippen LogP contribution in [0, 0.1) is 0 Å². The van der Waals surface area contributed by atoms with Crippen molar-refractivity contribution in [1.82, 2.24) is 4.72 Å². The van der Waals surface area contributed by atoms with Crippen molar-refractivity contribution in [3.63, 3.8) is 0 Å². The number of rotatable bonds is 7. The molecule has 0 amide bonds. The van der Waals surface area contributed by atoms with Crippen LogP contribution in [0.2, 0.25) is 0 Å². The van der Waals surface area contributed by atoms with Crippen LogP contribution in [0.3, 0.4) is 0 Å². The molecule has 3 aromatic rings. The zero-order chi connectivity index (χ0) is 20.9. The van der Waals surface area contributed by atoms with E-state index in [0.717, 1.165) is 0 Å². The minimum absolute atomic E-state index is 0.0307. The van der Waals surface area contributed by atoms with Crippen molar-refractivity contribution in [3.8, 4) is 0 Å². The van der Waals surface area contributed by atoms with Crippen molar-refractivity contribution < 1.29 is 22.7 Å². The first-order chi connectivity index (χ1) is 13.9. The fraction of sp³-hybridized carbons (Fsp3) is 0.0909. The first-order valence-electron chi connectivity index (χ1n) is 8.81. The number of hydrogen-bond donors (Lipinski definition) is 1. The van der Waals surface area contributed by atoms with Crippen LogP contribution >= 0.6 is 0 Å². The number of Topliss-reactive ketones (excluding diaryl/α,β-unsaturated/α-hetero) is 1. The molecule has 0 saturated carbocycles. The molecule has 0 bridgehead atoms. The van der Waals surface area contributed by atoms with E-state index >= 15 is 0 Å². The molecule has 0 saturated heterocycles. The molecule has 1 atom stereocenters. The van der Waals surface area contributed by atoms with Gasteiger partial charge in [-0.1, -0.05) is 66.7 Å². The molecule has 6 nitrogen and oxygen atoms in total. The third kappa shape index (κ3) is 4.77. The normalized spacial score (nSPS) is 12.2. The summed E-state index contributed by atoms with van der Waals surface area (Å²) < 4.78 is 31.7. The highest BCUT2D eigenvalue weighted by Gasteiger charge is 2.27. The van der Waals surface area contributed by atoms with Crippen LogP contribution in [0.1, 0.15) is 32.4 Å². The van der Waals surface area contributed by atoms with E-state index in [1.54, 1.807) is 60.7 Å². The molecule has 3 aromatic carbocycles. The van der Waals surface area contributed by atoms with Crippen LogP contribution in [-0.4, -0.2) is 27.2 Å². The van der Waals surface area contributed by atoms with Gasteiger partial charge in [0.05, 0.1) is 10.5 Å². The summed E-state index contributed by atoms with van der Waals surface area (Å²) in [6, 6.07) is 22.7. The van der Waals surface area contributed by atoms with Gasteiger partial charge >= 0.3 is 5.97 Å². The van der Waals surface area contributed by atoms with Crippen LogP contribution in [0.4, 0.5) is 0 Å². The number of carbonyl (C=O) groups is 2. The lowest BCUT2D eigenvalue weighted by Crippen LogP contribution is -2.21. The monoisotopic (exact) mass is 409 g/mol. The Balaban J connectivity index is 1.94. The van der Waals surface area contributed by atoms with Gasteiger partial charge in [-0.05, 0) is 25.2 Å². The molecule has 0 radical (unpaired) electrons. The van der Waals surface area contributed by atoms with Gasteiger partial charge < -0.3 is 4.74 Å². The first-order valence-corrected chi connectivity index (χ1v) is 10.3. The van der Waals surface area contributed by atoms with Crippen molar-refractivity contribution in [2.45, 2.75) is 11.0 Å². The van der Waals surface area contributed by atoms with Crippen molar-refractivity contribution >= 4 is 21.8 Å². The number of ketones is 1. The fourth-order valence-electron chi connectivity index (χ4n) is 2.74. The summed E-state index contributed by atoms with van der Waals surface area (Å²) in [7, 11) is -2.44. The molecule has 1 unspecified atom stereocenters. The Morgan fingerprint density at radius 1 is 0.828 bits per heavy atom. The lowest BCUT2D eigenvalue weighted by Gasteiger charge is -2.18. The van der Waals surface area contributed by atoms with E-state index in [0.29, 0.717) is 11.1 Å². The molecule has 0 aromatic heterocycles. The number of carbonyl (C=O) groups excluding carboxylic acids is 2. The van der Waals surface area contributed by atoms with Gasteiger partial charge in [-0.3, -0.25) is 4.79 Å². The molecule has 3 rings (SSSR count). The van der Waals surface area contributed by atoms with Crippen molar-refractivity contribution in [1.29, 1.82) is 0 Å². The maximum Gasteiger partial charge on any atom is 0.339 e. The maximum atomic E-state index is 13.0. The van der Waals surface area contributed by atoms with E-state index in [1.165, 1.54) is 31.3 Å². The van der Waals surface area contributed by atoms with Gasteiger partial charge in [0, 0.05) is 11.1 Å². The number of hydrogen-bond acceptors (Lipinski definition) is 5. The smallest absolute Gasteiger partial charge is 0.339 e. The molecular formula is C22H19NO5S. The number of benzene rings is 3. The van der Waals surface area contributed by atoms with E-state index in [9.17, 15) is 18.0 Å². The Labute approximate surface area is 169 Å². The Bertz CT molecular complexity index is 1110. The van der Waals surface area contributed by atoms with Crippen LogP contribution in [-0.2, 0) is 14.8 Å². The predicted molar refractivity (Wildman–Crippen MR) is 108 cm³/mol. The quantitative estimate of drug-likeness (QED) is 0.477. The number of ether oxygens (including phenoxy) is 1. The highest BCUT2D eigenvalue weighted by Crippen LogP contribution is 2.24. The van der Waals surface area contributed by atoms with Gasteiger partial charge in [-0.25, -0.2) is 17.9 Å². The average molecular weight is 409 g/mol. The topological polar surface area (TPSA) is 89.5 Å². The molecule has 0 aliphatic heterocycles. The third-order valence-electron chi connectivity index (χ3n) is 4.27. The summed E-state index contributed by atoms with van der Waals surface area (Å²) in [4.78, 5) is 25.7. The molecule has 29 heavy (non-hydrogen) atoms. The second kappa shape index (κ2) is 8.81. The fourth-order valence-corrected chi connectivity index (χ4v) is 3.51. The van der Waals surface area contributed by atoms with Crippen LogP contribution in [0.25, 0.3) is 0 Å². The predicted octanol–water partition coefficient (Wildman–Crippen LogP) is 3.38. The standard InChI is InChI=1S/C22H19NO5S/c1-23-29(26,27)19-14-8-13-18(15-19)22(25)28-21(17-11-6-3-7-12-17)20(24)16-9-4-2-5-10-16/h2-15,21,23H,1H3. The van der Waals surface area contributed by atoms with E-state index in [1.807, 2.05) is 0 Å². The van der Waals surface area contributed by atoms with E-state index < -0.39 is 22.1 Å². The second-order valence-electron chi connectivity index (χ2n) is 6.16. The Kier molecular flexibility index (Phi) is 6.21.